The molecule has 0 saturated carbocycles. The summed E-state index contributed by atoms with van der Waals surface area (Å²) < 4.78 is 30.6. The molecule has 1 aliphatic rings. The summed E-state index contributed by atoms with van der Waals surface area (Å²) in [5.74, 6) is 0.889. The van der Waals surface area contributed by atoms with Gasteiger partial charge in [0, 0.05) is 25.2 Å². The summed E-state index contributed by atoms with van der Waals surface area (Å²) in [7, 11) is 0. The lowest BCUT2D eigenvalue weighted by Crippen LogP contribution is -2.46. The van der Waals surface area contributed by atoms with E-state index in [1.807, 2.05) is 36.3 Å². The fourth-order valence-corrected chi connectivity index (χ4v) is 4.48. The zero-order valence-corrected chi connectivity index (χ0v) is 22.5. The zero-order valence-electron chi connectivity index (χ0n) is 21.8. The Kier molecular flexibility index (Phi) is 10.0. The lowest BCUT2D eigenvalue weighted by atomic mass is 10.1. The van der Waals surface area contributed by atoms with Crippen LogP contribution in [0.2, 0.25) is 5.02 Å². The molecular formula is C26H36ClF2N7. The minimum absolute atomic E-state index is 0.0898. The van der Waals surface area contributed by atoms with Gasteiger partial charge in [0.2, 0.25) is 0 Å². The Bertz CT molecular complexity index is 1130. The number of rotatable bonds is 10. The number of hydrogen-bond acceptors (Lipinski definition) is 5. The van der Waals surface area contributed by atoms with Crippen molar-refractivity contribution in [3.05, 3.63) is 63.9 Å². The molecule has 3 rings (SSSR count). The van der Waals surface area contributed by atoms with Crippen LogP contribution in [0.3, 0.4) is 0 Å². The second-order valence-electron chi connectivity index (χ2n) is 9.02. The summed E-state index contributed by atoms with van der Waals surface area (Å²) in [6, 6.07) is 2.15. The van der Waals surface area contributed by atoms with Crippen molar-refractivity contribution < 1.29 is 8.78 Å². The zero-order chi connectivity index (χ0) is 26.2. The van der Waals surface area contributed by atoms with Gasteiger partial charge in [0.1, 0.15) is 23.8 Å². The van der Waals surface area contributed by atoms with Crippen LogP contribution in [0.25, 0.3) is 5.82 Å². The first kappa shape index (κ1) is 27.8. The minimum Gasteiger partial charge on any atom is -0.380 e. The predicted octanol–water partition coefficient (Wildman–Crippen LogP) is 5.45. The molecule has 1 N–H and O–H groups in total. The molecule has 0 bridgehead atoms. The van der Waals surface area contributed by atoms with E-state index in [1.54, 1.807) is 6.33 Å². The van der Waals surface area contributed by atoms with Crippen LogP contribution in [0.1, 0.15) is 58.8 Å². The third-order valence-electron chi connectivity index (χ3n) is 5.98. The maximum atomic E-state index is 14.6. The first-order valence-electron chi connectivity index (χ1n) is 12.5. The molecule has 0 unspecified atom stereocenters. The Hall–Kier alpha value is -2.78. The van der Waals surface area contributed by atoms with E-state index in [2.05, 4.69) is 34.3 Å². The van der Waals surface area contributed by atoms with E-state index in [9.17, 15) is 8.78 Å². The molecule has 7 nitrogen and oxygen atoms in total. The van der Waals surface area contributed by atoms with Crippen LogP contribution in [0.15, 0.2) is 40.8 Å². The Morgan fingerprint density at radius 1 is 1.19 bits per heavy atom. The van der Waals surface area contributed by atoms with Crippen molar-refractivity contribution >= 4 is 23.3 Å². The first-order chi connectivity index (χ1) is 17.3. The van der Waals surface area contributed by atoms with Crippen LogP contribution >= 0.6 is 11.6 Å². The van der Waals surface area contributed by atoms with E-state index in [-0.39, 0.29) is 17.1 Å². The molecule has 196 valence electrons. The van der Waals surface area contributed by atoms with E-state index in [4.69, 9.17) is 16.6 Å². The molecule has 1 aromatic carbocycles. The molecule has 1 aliphatic heterocycles. The number of hydrogen-bond donors (Lipinski definition) is 1. The summed E-state index contributed by atoms with van der Waals surface area (Å²) in [6.45, 7) is 14.1. The maximum Gasteiger partial charge on any atom is 0.154 e. The molecule has 0 spiro atoms. The molecule has 10 heteroatoms. The molecule has 1 fully saturated rings. The number of benzene rings is 1. The van der Waals surface area contributed by atoms with Gasteiger partial charge in [-0.2, -0.15) is 0 Å². The number of allylic oxidation sites excluding steroid dienone is 2. The summed E-state index contributed by atoms with van der Waals surface area (Å²) in [6.07, 6.45) is 5.67. The number of nitrogens with one attached hydrogen (secondary N) is 1. The average molecular weight is 520 g/mol. The maximum absolute atomic E-state index is 14.6. The minimum atomic E-state index is -0.642. The van der Waals surface area contributed by atoms with Crippen LogP contribution in [-0.2, 0) is 13.1 Å². The lowest BCUT2D eigenvalue weighted by molar-refractivity contribution is 0.258. The quantitative estimate of drug-likeness (QED) is 0.423. The highest BCUT2D eigenvalue weighted by Crippen LogP contribution is 2.26. The highest BCUT2D eigenvalue weighted by Gasteiger charge is 2.26. The molecule has 0 amide bonds. The fraction of sp³-hybridized carbons (Fsp3) is 0.500. The Labute approximate surface area is 217 Å². The molecule has 2 heterocycles. The molecule has 36 heavy (non-hydrogen) atoms. The summed E-state index contributed by atoms with van der Waals surface area (Å²) >= 11 is 6.15. The van der Waals surface area contributed by atoms with Crippen LogP contribution in [0.5, 0.6) is 0 Å². The second-order valence-corrected chi connectivity index (χ2v) is 9.40. The monoisotopic (exact) mass is 519 g/mol. The number of piperazine rings is 1. The fourth-order valence-electron chi connectivity index (χ4n) is 4.27. The smallest absolute Gasteiger partial charge is 0.154 e. The standard InChI is InChI=1S/C26H36ClF2N7/c1-6-12-34(13-7-2)16-23-33-31-17-36(23)22(8-3)32-26-25(18(4)5)30-11-14-35(26)15-19-20(28)9-10-21(29)24(19)27/h8-10,17,30H,6-7,11-16H2,1-5H3/b22-8+,32-26+. The normalized spacial score (nSPS) is 15.7. The van der Waals surface area contributed by atoms with Crippen LogP contribution in [-0.4, -0.2) is 56.6 Å². The number of aromatic nitrogens is 3. The molecule has 2 aromatic rings. The third kappa shape index (κ3) is 6.50. The number of halogens is 3. The third-order valence-corrected chi connectivity index (χ3v) is 6.39. The second kappa shape index (κ2) is 13.0. The SMILES string of the molecule is C/C=C(\N=C1/C(=C(C)C)NCCN1Cc1c(F)ccc(F)c1Cl)n1cnnc1CN(CCC)CCC. The topological polar surface area (TPSA) is 61.6 Å². The lowest BCUT2D eigenvalue weighted by Gasteiger charge is -2.34. The van der Waals surface area contributed by atoms with Crippen molar-refractivity contribution in [3.63, 3.8) is 0 Å². The van der Waals surface area contributed by atoms with Gasteiger partial charge in [0.05, 0.1) is 17.3 Å². The molecule has 1 saturated heterocycles. The van der Waals surface area contributed by atoms with Gasteiger partial charge in [-0.05, 0) is 70.5 Å². The van der Waals surface area contributed by atoms with Crippen LogP contribution in [0, 0.1) is 11.6 Å². The molecule has 0 aliphatic carbocycles. The average Bonchev–Trinajstić information content (AvgIpc) is 3.31. The summed E-state index contributed by atoms with van der Waals surface area (Å²) in [5.41, 5.74) is 1.99. The van der Waals surface area contributed by atoms with Gasteiger partial charge in [0.15, 0.2) is 11.7 Å². The van der Waals surface area contributed by atoms with Gasteiger partial charge >= 0.3 is 0 Å². The van der Waals surface area contributed by atoms with E-state index in [1.165, 1.54) is 0 Å². The highest BCUT2D eigenvalue weighted by atomic mass is 35.5. The van der Waals surface area contributed by atoms with E-state index in [0.717, 1.165) is 55.2 Å². The Morgan fingerprint density at radius 3 is 2.53 bits per heavy atom. The van der Waals surface area contributed by atoms with Crippen LogP contribution < -0.4 is 5.32 Å². The van der Waals surface area contributed by atoms with E-state index < -0.39 is 11.6 Å². The molecule has 0 atom stereocenters. The Morgan fingerprint density at radius 2 is 1.89 bits per heavy atom. The van der Waals surface area contributed by atoms with E-state index >= 15 is 0 Å². The molecule has 1 aromatic heterocycles. The van der Waals surface area contributed by atoms with Crippen LogP contribution in [0.4, 0.5) is 8.78 Å². The largest absolute Gasteiger partial charge is 0.380 e. The van der Waals surface area contributed by atoms with Crippen molar-refractivity contribution in [3.8, 4) is 0 Å². The van der Waals surface area contributed by atoms with Gasteiger partial charge in [-0.1, -0.05) is 25.4 Å². The summed E-state index contributed by atoms with van der Waals surface area (Å²) in [5, 5.41) is 11.7. The number of nitrogens with zero attached hydrogens (tertiary/aromatic N) is 6. The van der Waals surface area contributed by atoms with Crippen molar-refractivity contribution in [2.45, 2.75) is 60.5 Å². The van der Waals surface area contributed by atoms with Gasteiger partial charge in [-0.15, -0.1) is 10.2 Å². The van der Waals surface area contributed by atoms with Gasteiger partial charge in [-0.25, -0.2) is 13.8 Å². The van der Waals surface area contributed by atoms with Crippen molar-refractivity contribution in [2.75, 3.05) is 26.2 Å². The highest BCUT2D eigenvalue weighted by molar-refractivity contribution is 6.31. The van der Waals surface area contributed by atoms with Crippen molar-refractivity contribution in [2.24, 2.45) is 4.99 Å². The number of aliphatic imine (C=N–C) groups is 1. The van der Waals surface area contributed by atoms with Crippen molar-refractivity contribution in [1.29, 1.82) is 0 Å². The van der Waals surface area contributed by atoms with Gasteiger partial charge < -0.3 is 10.2 Å². The first-order valence-corrected chi connectivity index (χ1v) is 12.8. The molecular weight excluding hydrogens is 484 g/mol. The van der Waals surface area contributed by atoms with Crippen molar-refractivity contribution in [1.82, 2.24) is 29.9 Å². The Balaban J connectivity index is 2.01. The van der Waals surface area contributed by atoms with Gasteiger partial charge in [-0.3, -0.25) is 9.47 Å². The number of amidine groups is 1. The van der Waals surface area contributed by atoms with E-state index in [0.29, 0.717) is 31.3 Å². The molecule has 0 radical (unpaired) electrons. The predicted molar refractivity (Wildman–Crippen MR) is 141 cm³/mol. The summed E-state index contributed by atoms with van der Waals surface area (Å²) in [4.78, 5) is 9.29. The van der Waals surface area contributed by atoms with Gasteiger partial charge in [0.25, 0.3) is 0 Å².